The number of carbonyl (C=O) groups excluding carboxylic acids is 3. The van der Waals surface area contributed by atoms with Crippen LogP contribution < -0.4 is 0 Å². The summed E-state index contributed by atoms with van der Waals surface area (Å²) < 4.78 is 12.5. The Kier molecular flexibility index (Phi) is 9.85. The second kappa shape index (κ2) is 12.3. The standard InChI is InChI=1S/C30H48N2O6/c1-8-12-13-18-37-28(36)24-23-26(34)32(22(19-33)20(5)6)25(30(23)16-15-29(24,11-4)38-30)27(35)31(17-10-3)21(7)14-9-2/h8,10,20-25,33H,1,3,9,11-19H2,2,4-7H3/t21?,22-,23-,24+,25?,29-,30?/m0/s1. The SMILES string of the molecule is C=CCCCOC(=O)[C@H]1[C@H]2C(=O)N([C@@H](CO)C(C)C)C(C(=O)N(CC=C)C(C)CCC)C23CC[C@]1(CC)O3. The van der Waals surface area contributed by atoms with Crippen molar-refractivity contribution < 1.29 is 29.0 Å². The minimum absolute atomic E-state index is 0.0612. The van der Waals surface area contributed by atoms with Crippen molar-refractivity contribution in [2.24, 2.45) is 17.8 Å². The molecule has 3 fully saturated rings. The van der Waals surface area contributed by atoms with E-state index in [2.05, 4.69) is 20.1 Å². The van der Waals surface area contributed by atoms with Crippen LogP contribution in [-0.4, -0.2) is 81.8 Å². The summed E-state index contributed by atoms with van der Waals surface area (Å²) in [5.74, 6) is -2.64. The summed E-state index contributed by atoms with van der Waals surface area (Å²) in [4.78, 5) is 45.7. The molecular formula is C30H48N2O6. The van der Waals surface area contributed by atoms with Gasteiger partial charge in [-0.3, -0.25) is 14.4 Å². The number of fused-ring (bicyclic) bond motifs is 1. The van der Waals surface area contributed by atoms with Crippen LogP contribution in [0.1, 0.15) is 79.6 Å². The van der Waals surface area contributed by atoms with Gasteiger partial charge in [0.05, 0.1) is 30.8 Å². The monoisotopic (exact) mass is 532 g/mol. The van der Waals surface area contributed by atoms with Crippen molar-refractivity contribution in [3.8, 4) is 0 Å². The summed E-state index contributed by atoms with van der Waals surface area (Å²) >= 11 is 0. The minimum Gasteiger partial charge on any atom is -0.465 e. The Morgan fingerprint density at radius 1 is 1.24 bits per heavy atom. The van der Waals surface area contributed by atoms with E-state index < -0.39 is 41.1 Å². The van der Waals surface area contributed by atoms with Crippen molar-refractivity contribution in [1.29, 1.82) is 0 Å². The van der Waals surface area contributed by atoms with Crippen LogP contribution in [0, 0.1) is 17.8 Å². The molecule has 214 valence electrons. The lowest BCUT2D eigenvalue weighted by Gasteiger charge is -2.42. The Hall–Kier alpha value is -2.19. The van der Waals surface area contributed by atoms with Gasteiger partial charge in [0.15, 0.2) is 0 Å². The first-order chi connectivity index (χ1) is 18.1. The van der Waals surface area contributed by atoms with Gasteiger partial charge in [0.1, 0.15) is 17.6 Å². The number of carbonyl (C=O) groups is 3. The van der Waals surface area contributed by atoms with E-state index in [0.717, 1.165) is 19.3 Å². The predicted octanol–water partition coefficient (Wildman–Crippen LogP) is 3.87. The van der Waals surface area contributed by atoms with Crippen molar-refractivity contribution in [1.82, 2.24) is 9.80 Å². The Balaban J connectivity index is 2.11. The number of ether oxygens (including phenoxy) is 2. The van der Waals surface area contributed by atoms with E-state index >= 15 is 0 Å². The predicted molar refractivity (Wildman–Crippen MR) is 146 cm³/mol. The Labute approximate surface area is 228 Å². The summed E-state index contributed by atoms with van der Waals surface area (Å²) in [6, 6.07) is -1.56. The summed E-state index contributed by atoms with van der Waals surface area (Å²) in [7, 11) is 0. The van der Waals surface area contributed by atoms with Crippen molar-refractivity contribution >= 4 is 17.8 Å². The molecule has 0 aromatic carbocycles. The number of allylic oxidation sites excluding steroid dienone is 1. The highest BCUT2D eigenvalue weighted by Crippen LogP contribution is 2.65. The Morgan fingerprint density at radius 3 is 2.50 bits per heavy atom. The van der Waals surface area contributed by atoms with Crippen LogP contribution in [0.5, 0.6) is 0 Å². The highest BCUT2D eigenvalue weighted by Gasteiger charge is 2.79. The fraction of sp³-hybridized carbons (Fsp3) is 0.767. The average molecular weight is 533 g/mol. The molecule has 0 aromatic heterocycles. The molecule has 3 aliphatic heterocycles. The molecule has 8 nitrogen and oxygen atoms in total. The van der Waals surface area contributed by atoms with E-state index in [1.165, 1.54) is 0 Å². The van der Waals surface area contributed by atoms with Gasteiger partial charge in [-0.05, 0) is 51.4 Å². The van der Waals surface area contributed by atoms with Gasteiger partial charge in [-0.2, -0.15) is 0 Å². The molecule has 2 amide bonds. The molecule has 0 radical (unpaired) electrons. The third kappa shape index (κ3) is 4.94. The quantitative estimate of drug-likeness (QED) is 0.195. The smallest absolute Gasteiger partial charge is 0.312 e. The largest absolute Gasteiger partial charge is 0.465 e. The molecule has 3 unspecified atom stereocenters. The lowest BCUT2D eigenvalue weighted by molar-refractivity contribution is -0.164. The summed E-state index contributed by atoms with van der Waals surface area (Å²) in [6.07, 6.45) is 8.21. The normalized spacial score (nSPS) is 31.3. The third-order valence-electron chi connectivity index (χ3n) is 9.06. The van der Waals surface area contributed by atoms with Gasteiger partial charge >= 0.3 is 5.97 Å². The highest BCUT2D eigenvalue weighted by molar-refractivity contribution is 5.99. The number of hydrogen-bond acceptors (Lipinski definition) is 6. The molecule has 1 spiro atoms. The van der Waals surface area contributed by atoms with Gasteiger partial charge in [-0.1, -0.05) is 46.3 Å². The molecule has 3 aliphatic rings. The molecule has 1 N–H and O–H groups in total. The second-order valence-electron chi connectivity index (χ2n) is 11.6. The second-order valence-corrected chi connectivity index (χ2v) is 11.6. The van der Waals surface area contributed by atoms with Crippen molar-refractivity contribution in [2.75, 3.05) is 19.8 Å². The average Bonchev–Trinajstić information content (AvgIpc) is 3.49. The topological polar surface area (TPSA) is 96.4 Å². The fourth-order valence-corrected chi connectivity index (χ4v) is 7.12. The van der Waals surface area contributed by atoms with E-state index in [1.54, 1.807) is 22.0 Å². The van der Waals surface area contributed by atoms with Crippen LogP contribution in [0.25, 0.3) is 0 Å². The minimum atomic E-state index is -1.14. The first-order valence-corrected chi connectivity index (χ1v) is 14.4. The number of amides is 2. The molecule has 38 heavy (non-hydrogen) atoms. The Bertz CT molecular complexity index is 905. The number of rotatable bonds is 15. The number of aliphatic hydroxyl groups excluding tert-OH is 1. The molecule has 0 aromatic rings. The molecule has 2 bridgehead atoms. The number of likely N-dealkylation sites (tertiary alicyclic amines) is 1. The van der Waals surface area contributed by atoms with Gasteiger partial charge < -0.3 is 24.4 Å². The van der Waals surface area contributed by atoms with Gasteiger partial charge in [-0.15, -0.1) is 13.2 Å². The number of nitrogens with zero attached hydrogens (tertiary/aromatic N) is 2. The fourth-order valence-electron chi connectivity index (χ4n) is 7.12. The maximum Gasteiger partial charge on any atom is 0.312 e. The van der Waals surface area contributed by atoms with Crippen LogP contribution in [0.4, 0.5) is 0 Å². The zero-order chi connectivity index (χ0) is 28.3. The van der Waals surface area contributed by atoms with E-state index in [1.807, 2.05) is 27.7 Å². The molecule has 3 rings (SSSR count). The van der Waals surface area contributed by atoms with Crippen LogP contribution in [0.3, 0.4) is 0 Å². The first kappa shape index (κ1) is 30.4. The van der Waals surface area contributed by atoms with Crippen LogP contribution in [0.15, 0.2) is 25.3 Å². The maximum absolute atomic E-state index is 14.5. The molecule has 0 aliphatic carbocycles. The lowest BCUT2D eigenvalue weighted by atomic mass is 9.65. The molecule has 0 saturated carbocycles. The summed E-state index contributed by atoms with van der Waals surface area (Å²) in [5.41, 5.74) is -1.98. The first-order valence-electron chi connectivity index (χ1n) is 14.4. The molecular weight excluding hydrogens is 484 g/mol. The number of hydrogen-bond donors (Lipinski definition) is 1. The van der Waals surface area contributed by atoms with E-state index in [-0.39, 0.29) is 37.0 Å². The lowest BCUT2D eigenvalue weighted by Crippen LogP contribution is -2.60. The number of unbranched alkanes of at least 4 members (excludes halogenated alkanes) is 1. The molecule has 7 atom stereocenters. The number of esters is 1. The molecule has 8 heteroatoms. The van der Waals surface area contributed by atoms with Gasteiger partial charge in [0, 0.05) is 12.6 Å². The summed E-state index contributed by atoms with van der Waals surface area (Å²) in [5, 5.41) is 10.4. The molecule has 3 saturated heterocycles. The van der Waals surface area contributed by atoms with Gasteiger partial charge in [0.25, 0.3) is 0 Å². The summed E-state index contributed by atoms with van der Waals surface area (Å²) in [6.45, 7) is 17.8. The maximum atomic E-state index is 14.5. The van der Waals surface area contributed by atoms with Crippen molar-refractivity contribution in [3.05, 3.63) is 25.3 Å². The van der Waals surface area contributed by atoms with E-state index in [4.69, 9.17) is 9.47 Å². The zero-order valence-electron chi connectivity index (χ0n) is 24.0. The van der Waals surface area contributed by atoms with Gasteiger partial charge in [-0.25, -0.2) is 0 Å². The number of aliphatic hydroxyl groups is 1. The van der Waals surface area contributed by atoms with Crippen molar-refractivity contribution in [3.63, 3.8) is 0 Å². The van der Waals surface area contributed by atoms with E-state index in [9.17, 15) is 19.5 Å². The van der Waals surface area contributed by atoms with Crippen LogP contribution >= 0.6 is 0 Å². The van der Waals surface area contributed by atoms with Crippen LogP contribution in [-0.2, 0) is 23.9 Å². The Morgan fingerprint density at radius 2 is 1.95 bits per heavy atom. The third-order valence-corrected chi connectivity index (χ3v) is 9.06. The zero-order valence-corrected chi connectivity index (χ0v) is 24.0. The highest BCUT2D eigenvalue weighted by atomic mass is 16.6. The van der Waals surface area contributed by atoms with Crippen molar-refractivity contribution in [2.45, 2.75) is 109 Å². The van der Waals surface area contributed by atoms with E-state index in [0.29, 0.717) is 32.2 Å². The molecule has 3 heterocycles. The van der Waals surface area contributed by atoms with Crippen LogP contribution in [0.2, 0.25) is 0 Å². The van der Waals surface area contributed by atoms with Gasteiger partial charge in [0.2, 0.25) is 11.8 Å².